The van der Waals surface area contributed by atoms with Crippen LogP contribution in [0.2, 0.25) is 0 Å². The van der Waals surface area contributed by atoms with Crippen molar-refractivity contribution in [3.8, 4) is 12.1 Å². The third kappa shape index (κ3) is 3.71. The molecule has 0 aromatic heterocycles. The van der Waals surface area contributed by atoms with Crippen LogP contribution in [0, 0.1) is 36.5 Å². The summed E-state index contributed by atoms with van der Waals surface area (Å²) in [6.07, 6.45) is 0.527. The van der Waals surface area contributed by atoms with Crippen LogP contribution in [0.25, 0.3) is 0 Å². The van der Waals surface area contributed by atoms with Crippen molar-refractivity contribution in [2.75, 3.05) is 0 Å². The van der Waals surface area contributed by atoms with Crippen LogP contribution in [0.3, 0.4) is 0 Å². The minimum absolute atomic E-state index is 0.253. The van der Waals surface area contributed by atoms with Gasteiger partial charge in [-0.05, 0) is 31.4 Å². The van der Waals surface area contributed by atoms with Crippen molar-refractivity contribution in [1.82, 2.24) is 0 Å². The van der Waals surface area contributed by atoms with Gasteiger partial charge in [0.15, 0.2) is 0 Å². The summed E-state index contributed by atoms with van der Waals surface area (Å²) in [6, 6.07) is 20.6. The predicted molar refractivity (Wildman–Crippen MR) is 83.7 cm³/mol. The Bertz CT molecular complexity index is 608. The monoisotopic (exact) mass is 274 g/mol. The standard InChI is InChI=1S/C19H18N2/c1-14-3-7-16(8-4-14)18(12-20)11-19(13-21)17-9-5-15(2)6-10-17/h3-10,18-19H,11H2,1-2H3. The van der Waals surface area contributed by atoms with E-state index in [9.17, 15) is 10.5 Å². The lowest BCUT2D eigenvalue weighted by Gasteiger charge is -2.14. The smallest absolute Gasteiger partial charge is 0.0728 e. The molecule has 0 aliphatic carbocycles. The van der Waals surface area contributed by atoms with E-state index in [-0.39, 0.29) is 11.8 Å². The topological polar surface area (TPSA) is 47.6 Å². The second-order valence-corrected chi connectivity index (χ2v) is 5.42. The number of rotatable bonds is 4. The van der Waals surface area contributed by atoms with E-state index in [4.69, 9.17) is 0 Å². The van der Waals surface area contributed by atoms with Gasteiger partial charge in [-0.15, -0.1) is 0 Å². The van der Waals surface area contributed by atoms with Crippen LogP contribution in [-0.2, 0) is 0 Å². The fourth-order valence-corrected chi connectivity index (χ4v) is 2.36. The molecule has 2 nitrogen and oxygen atoms in total. The molecule has 0 bridgehead atoms. The summed E-state index contributed by atoms with van der Waals surface area (Å²) in [5, 5.41) is 18.8. The van der Waals surface area contributed by atoms with Crippen molar-refractivity contribution in [2.45, 2.75) is 32.1 Å². The minimum Gasteiger partial charge on any atom is -0.198 e. The molecule has 0 radical (unpaired) electrons. The van der Waals surface area contributed by atoms with Crippen molar-refractivity contribution in [2.24, 2.45) is 0 Å². The Balaban J connectivity index is 2.20. The first-order valence-electron chi connectivity index (χ1n) is 7.06. The second kappa shape index (κ2) is 6.73. The van der Waals surface area contributed by atoms with E-state index in [0.29, 0.717) is 6.42 Å². The number of hydrogen-bond acceptors (Lipinski definition) is 2. The van der Waals surface area contributed by atoms with Gasteiger partial charge in [0.1, 0.15) is 0 Å². The highest BCUT2D eigenvalue weighted by molar-refractivity contribution is 5.32. The van der Waals surface area contributed by atoms with E-state index in [0.717, 1.165) is 11.1 Å². The van der Waals surface area contributed by atoms with Gasteiger partial charge in [-0.2, -0.15) is 10.5 Å². The van der Waals surface area contributed by atoms with Gasteiger partial charge < -0.3 is 0 Å². The highest BCUT2D eigenvalue weighted by atomic mass is 14.3. The average Bonchev–Trinajstić information content (AvgIpc) is 2.51. The van der Waals surface area contributed by atoms with Crippen molar-refractivity contribution in [1.29, 1.82) is 10.5 Å². The maximum atomic E-state index is 9.42. The van der Waals surface area contributed by atoms with E-state index in [1.807, 2.05) is 62.4 Å². The molecular formula is C19H18N2. The number of benzene rings is 2. The largest absolute Gasteiger partial charge is 0.198 e. The number of hydrogen-bond donors (Lipinski definition) is 0. The van der Waals surface area contributed by atoms with E-state index >= 15 is 0 Å². The third-order valence-electron chi connectivity index (χ3n) is 3.74. The van der Waals surface area contributed by atoms with Gasteiger partial charge in [0.05, 0.1) is 24.0 Å². The molecule has 0 saturated carbocycles. The summed E-state index contributed by atoms with van der Waals surface area (Å²) in [5.41, 5.74) is 4.31. The SMILES string of the molecule is Cc1ccc(C(C#N)CC(C#N)c2ccc(C)cc2)cc1. The first kappa shape index (κ1) is 14.8. The molecule has 0 N–H and O–H groups in total. The molecule has 0 saturated heterocycles. The summed E-state index contributed by atoms with van der Waals surface area (Å²) >= 11 is 0. The van der Waals surface area contributed by atoms with Crippen LogP contribution in [0.1, 0.15) is 40.5 Å². The maximum Gasteiger partial charge on any atom is 0.0728 e. The summed E-state index contributed by atoms with van der Waals surface area (Å²) in [7, 11) is 0. The number of aryl methyl sites for hydroxylation is 2. The summed E-state index contributed by atoms with van der Waals surface area (Å²) in [5.74, 6) is -0.506. The zero-order valence-corrected chi connectivity index (χ0v) is 12.4. The van der Waals surface area contributed by atoms with Crippen LogP contribution in [0.5, 0.6) is 0 Å². The Morgan fingerprint density at radius 1 is 0.714 bits per heavy atom. The van der Waals surface area contributed by atoms with Crippen molar-refractivity contribution >= 4 is 0 Å². The molecule has 21 heavy (non-hydrogen) atoms. The van der Waals surface area contributed by atoms with Crippen molar-refractivity contribution in [3.63, 3.8) is 0 Å². The Morgan fingerprint density at radius 3 is 1.33 bits per heavy atom. The molecule has 2 unspecified atom stereocenters. The number of nitriles is 2. The Kier molecular flexibility index (Phi) is 4.75. The van der Waals surface area contributed by atoms with Gasteiger partial charge in [-0.1, -0.05) is 59.7 Å². The Morgan fingerprint density at radius 2 is 1.05 bits per heavy atom. The van der Waals surface area contributed by atoms with Crippen LogP contribution < -0.4 is 0 Å². The highest BCUT2D eigenvalue weighted by Crippen LogP contribution is 2.29. The van der Waals surface area contributed by atoms with Gasteiger partial charge in [0, 0.05) is 0 Å². The van der Waals surface area contributed by atoms with Crippen molar-refractivity contribution in [3.05, 3.63) is 70.8 Å². The predicted octanol–water partition coefficient (Wildman–Crippen LogP) is 4.61. The molecule has 2 aromatic carbocycles. The van der Waals surface area contributed by atoms with Gasteiger partial charge >= 0.3 is 0 Å². The normalized spacial score (nSPS) is 13.0. The zero-order chi connectivity index (χ0) is 15.2. The quantitative estimate of drug-likeness (QED) is 0.817. The molecule has 0 amide bonds. The van der Waals surface area contributed by atoms with E-state index in [2.05, 4.69) is 12.1 Å². The van der Waals surface area contributed by atoms with Crippen LogP contribution in [0.4, 0.5) is 0 Å². The maximum absolute atomic E-state index is 9.42. The van der Waals surface area contributed by atoms with E-state index in [1.54, 1.807) is 0 Å². The van der Waals surface area contributed by atoms with E-state index in [1.165, 1.54) is 11.1 Å². The second-order valence-electron chi connectivity index (χ2n) is 5.42. The average molecular weight is 274 g/mol. The lowest BCUT2D eigenvalue weighted by molar-refractivity contribution is 0.689. The summed E-state index contributed by atoms with van der Waals surface area (Å²) in [6.45, 7) is 4.05. The molecule has 0 aliphatic heterocycles. The van der Waals surface area contributed by atoms with E-state index < -0.39 is 0 Å². The molecule has 104 valence electrons. The molecule has 0 fully saturated rings. The van der Waals surface area contributed by atoms with Crippen molar-refractivity contribution < 1.29 is 0 Å². The summed E-state index contributed by atoms with van der Waals surface area (Å²) < 4.78 is 0. The molecule has 0 spiro atoms. The highest BCUT2D eigenvalue weighted by Gasteiger charge is 2.19. The molecule has 0 heterocycles. The van der Waals surface area contributed by atoms with Gasteiger partial charge in [-0.25, -0.2) is 0 Å². The molecule has 2 atom stereocenters. The Labute approximate surface area is 126 Å². The third-order valence-corrected chi connectivity index (χ3v) is 3.74. The zero-order valence-electron chi connectivity index (χ0n) is 12.4. The first-order chi connectivity index (χ1) is 10.1. The fraction of sp³-hybridized carbons (Fsp3) is 0.263. The van der Waals surface area contributed by atoms with Gasteiger partial charge in [-0.3, -0.25) is 0 Å². The molecular weight excluding hydrogens is 256 g/mol. The number of nitrogens with zero attached hydrogens (tertiary/aromatic N) is 2. The van der Waals surface area contributed by atoms with Crippen LogP contribution in [0.15, 0.2) is 48.5 Å². The Hall–Kier alpha value is -2.58. The van der Waals surface area contributed by atoms with Crippen LogP contribution in [-0.4, -0.2) is 0 Å². The first-order valence-corrected chi connectivity index (χ1v) is 7.06. The van der Waals surface area contributed by atoms with Crippen LogP contribution >= 0.6 is 0 Å². The van der Waals surface area contributed by atoms with Gasteiger partial charge in [0.25, 0.3) is 0 Å². The molecule has 0 aliphatic rings. The minimum atomic E-state index is -0.253. The summed E-state index contributed by atoms with van der Waals surface area (Å²) in [4.78, 5) is 0. The lowest BCUT2D eigenvalue weighted by Crippen LogP contribution is -2.04. The lowest BCUT2D eigenvalue weighted by atomic mass is 9.86. The fourth-order valence-electron chi connectivity index (χ4n) is 2.36. The van der Waals surface area contributed by atoms with Gasteiger partial charge in [0.2, 0.25) is 0 Å². The molecule has 2 heteroatoms. The molecule has 2 rings (SSSR count). The molecule has 2 aromatic rings.